The third-order valence-corrected chi connectivity index (χ3v) is 6.95. The number of H-pyrrole nitrogens is 1. The summed E-state index contributed by atoms with van der Waals surface area (Å²) in [5.41, 5.74) is 5.27. The molecule has 0 radical (unpaired) electrons. The number of pyridine rings is 1. The molecule has 0 atom stereocenters. The number of fused-ring (bicyclic) bond motifs is 1. The van der Waals surface area contributed by atoms with E-state index in [0.29, 0.717) is 55.7 Å². The molecule has 40 heavy (non-hydrogen) atoms. The molecule has 6 heteroatoms. The van der Waals surface area contributed by atoms with Crippen molar-refractivity contribution in [1.29, 1.82) is 0 Å². The number of methoxy groups -OCH3 is 1. The number of rotatable bonds is 5. The van der Waals surface area contributed by atoms with Crippen LogP contribution in [0.25, 0.3) is 55.5 Å². The van der Waals surface area contributed by atoms with E-state index in [4.69, 9.17) is 4.74 Å². The predicted octanol–water partition coefficient (Wildman–Crippen LogP) is 8.62. The fourth-order valence-corrected chi connectivity index (χ4v) is 4.92. The summed E-state index contributed by atoms with van der Waals surface area (Å²) in [6.45, 7) is 0. The molecule has 1 aromatic heterocycles. The maximum atomic E-state index is 14.3. The van der Waals surface area contributed by atoms with Crippen LogP contribution in [-0.4, -0.2) is 12.1 Å². The van der Waals surface area contributed by atoms with Crippen LogP contribution in [-0.2, 0) is 0 Å². The zero-order valence-electron chi connectivity index (χ0n) is 21.3. The van der Waals surface area contributed by atoms with Gasteiger partial charge < -0.3 is 9.72 Å². The minimum Gasteiger partial charge on any atom is -0.497 e. The van der Waals surface area contributed by atoms with E-state index in [1.54, 1.807) is 61.7 Å². The molecule has 5 aromatic carbocycles. The first-order valence-electron chi connectivity index (χ1n) is 12.6. The minimum atomic E-state index is -0.413. The van der Waals surface area contributed by atoms with Crippen LogP contribution in [0.1, 0.15) is 0 Å². The molecule has 196 valence electrons. The van der Waals surface area contributed by atoms with Crippen LogP contribution >= 0.6 is 0 Å². The smallest absolute Gasteiger partial charge is 0.197 e. The van der Waals surface area contributed by atoms with Crippen molar-refractivity contribution in [2.45, 2.75) is 0 Å². The Kier molecular flexibility index (Phi) is 6.44. The van der Waals surface area contributed by atoms with Gasteiger partial charge in [0.1, 0.15) is 23.2 Å². The standard InChI is InChI=1S/C34H22F3NO2/c1-40-28-16-8-23(9-17-28)32-31(22-6-14-27(37)15-7-22)34(39)30-19-24(20-2-10-25(35)11-3-20)18-29(33(30)38-32)21-4-12-26(36)13-5-21/h2-19H,1H3,(H,38,39). The molecule has 6 aromatic rings. The number of hydrogen-bond acceptors (Lipinski definition) is 2. The van der Waals surface area contributed by atoms with Crippen molar-refractivity contribution in [3.8, 4) is 50.4 Å². The highest BCUT2D eigenvalue weighted by atomic mass is 19.1. The van der Waals surface area contributed by atoms with E-state index in [2.05, 4.69) is 4.98 Å². The van der Waals surface area contributed by atoms with Gasteiger partial charge in [-0.05, 0) is 101 Å². The summed E-state index contributed by atoms with van der Waals surface area (Å²) in [7, 11) is 1.57. The molecule has 0 amide bonds. The SMILES string of the molecule is COc1ccc(-c2[nH]c3c(-c4ccc(F)cc4)cc(-c4ccc(F)cc4)cc3c(=O)c2-c2ccc(F)cc2)cc1. The lowest BCUT2D eigenvalue weighted by Gasteiger charge is -2.17. The second-order valence-corrected chi connectivity index (χ2v) is 9.40. The largest absolute Gasteiger partial charge is 0.497 e. The molecule has 1 N–H and O–H groups in total. The van der Waals surface area contributed by atoms with Gasteiger partial charge in [-0.25, -0.2) is 13.2 Å². The third-order valence-electron chi connectivity index (χ3n) is 6.95. The molecule has 0 unspecified atom stereocenters. The zero-order chi connectivity index (χ0) is 27.8. The lowest BCUT2D eigenvalue weighted by atomic mass is 9.91. The lowest BCUT2D eigenvalue weighted by molar-refractivity contribution is 0.415. The molecule has 6 rings (SSSR count). The average molecular weight is 534 g/mol. The normalized spacial score (nSPS) is 11.1. The van der Waals surface area contributed by atoms with Gasteiger partial charge in [-0.2, -0.15) is 0 Å². The number of ether oxygens (including phenoxy) is 1. The average Bonchev–Trinajstić information content (AvgIpc) is 2.98. The van der Waals surface area contributed by atoms with Gasteiger partial charge in [0.15, 0.2) is 5.43 Å². The van der Waals surface area contributed by atoms with Crippen LogP contribution in [0.2, 0.25) is 0 Å². The van der Waals surface area contributed by atoms with Crippen LogP contribution in [0.15, 0.2) is 114 Å². The monoisotopic (exact) mass is 533 g/mol. The number of aromatic nitrogens is 1. The summed E-state index contributed by atoms with van der Waals surface area (Å²) in [5, 5.41) is 0.387. The quantitative estimate of drug-likeness (QED) is 0.241. The van der Waals surface area contributed by atoms with Gasteiger partial charge in [-0.1, -0.05) is 36.4 Å². The third kappa shape index (κ3) is 4.64. The first-order chi connectivity index (χ1) is 19.4. The fourth-order valence-electron chi connectivity index (χ4n) is 4.92. The molecule has 3 nitrogen and oxygen atoms in total. The maximum absolute atomic E-state index is 14.3. The van der Waals surface area contributed by atoms with E-state index in [1.807, 2.05) is 18.2 Å². The van der Waals surface area contributed by atoms with Gasteiger partial charge >= 0.3 is 0 Å². The van der Waals surface area contributed by atoms with E-state index >= 15 is 0 Å². The Morgan fingerprint density at radius 2 is 1.07 bits per heavy atom. The van der Waals surface area contributed by atoms with Crippen LogP contribution in [0.5, 0.6) is 5.75 Å². The van der Waals surface area contributed by atoms with Crippen LogP contribution in [0.3, 0.4) is 0 Å². The lowest BCUT2D eigenvalue weighted by Crippen LogP contribution is -2.10. The van der Waals surface area contributed by atoms with Gasteiger partial charge in [0.25, 0.3) is 0 Å². The summed E-state index contributed by atoms with van der Waals surface area (Å²) in [6.07, 6.45) is 0. The number of hydrogen-bond donors (Lipinski definition) is 1. The Labute approximate surface area is 228 Å². The molecule has 0 aliphatic rings. The Balaban J connectivity index is 1.72. The maximum Gasteiger partial charge on any atom is 0.197 e. The topological polar surface area (TPSA) is 42.1 Å². The van der Waals surface area contributed by atoms with Crippen molar-refractivity contribution in [3.63, 3.8) is 0 Å². The predicted molar refractivity (Wildman–Crippen MR) is 153 cm³/mol. The summed E-state index contributed by atoms with van der Waals surface area (Å²) >= 11 is 0. The van der Waals surface area contributed by atoms with E-state index in [0.717, 1.165) is 5.56 Å². The van der Waals surface area contributed by atoms with Crippen molar-refractivity contribution in [3.05, 3.63) is 137 Å². The van der Waals surface area contributed by atoms with Gasteiger partial charge in [-0.15, -0.1) is 0 Å². The van der Waals surface area contributed by atoms with E-state index in [1.165, 1.54) is 36.4 Å². The number of halogens is 3. The Hall–Kier alpha value is -5.10. The molecule has 0 fully saturated rings. The fraction of sp³-hybridized carbons (Fsp3) is 0.0294. The van der Waals surface area contributed by atoms with E-state index in [-0.39, 0.29) is 17.1 Å². The molecule has 0 spiro atoms. The van der Waals surface area contributed by atoms with Crippen molar-refractivity contribution in [2.75, 3.05) is 7.11 Å². The molecule has 0 bridgehead atoms. The highest BCUT2D eigenvalue weighted by Gasteiger charge is 2.19. The van der Waals surface area contributed by atoms with Gasteiger partial charge in [0, 0.05) is 10.9 Å². The van der Waals surface area contributed by atoms with Crippen LogP contribution in [0, 0.1) is 17.5 Å². The minimum absolute atomic E-state index is 0.265. The van der Waals surface area contributed by atoms with Crippen molar-refractivity contribution in [2.24, 2.45) is 0 Å². The molecular formula is C34H22F3NO2. The highest BCUT2D eigenvalue weighted by Crippen LogP contribution is 2.37. The summed E-state index contributed by atoms with van der Waals surface area (Å²) in [4.78, 5) is 17.8. The van der Waals surface area contributed by atoms with E-state index < -0.39 is 5.82 Å². The van der Waals surface area contributed by atoms with Crippen LogP contribution < -0.4 is 10.2 Å². The van der Waals surface area contributed by atoms with Crippen molar-refractivity contribution in [1.82, 2.24) is 4.98 Å². The first kappa shape index (κ1) is 25.2. The second kappa shape index (κ2) is 10.2. The zero-order valence-corrected chi connectivity index (χ0v) is 21.3. The van der Waals surface area contributed by atoms with Gasteiger partial charge in [0.2, 0.25) is 0 Å². The number of nitrogens with one attached hydrogen (secondary N) is 1. The second-order valence-electron chi connectivity index (χ2n) is 9.40. The molecule has 0 saturated heterocycles. The molecular weight excluding hydrogens is 511 g/mol. The van der Waals surface area contributed by atoms with Gasteiger partial charge in [-0.3, -0.25) is 4.79 Å². The van der Waals surface area contributed by atoms with Crippen molar-refractivity contribution >= 4 is 10.9 Å². The van der Waals surface area contributed by atoms with Gasteiger partial charge in [0.05, 0.1) is 23.9 Å². The summed E-state index contributed by atoms with van der Waals surface area (Å²) in [6, 6.07) is 28.7. The van der Waals surface area contributed by atoms with Crippen LogP contribution in [0.4, 0.5) is 13.2 Å². The van der Waals surface area contributed by atoms with E-state index in [9.17, 15) is 18.0 Å². The number of benzene rings is 5. The summed E-state index contributed by atoms with van der Waals surface area (Å²) < 4.78 is 46.7. The Bertz CT molecular complexity index is 1890. The first-order valence-corrected chi connectivity index (χ1v) is 12.6. The molecule has 0 aliphatic carbocycles. The Morgan fingerprint density at radius 1 is 0.575 bits per heavy atom. The molecule has 0 aliphatic heterocycles. The highest BCUT2D eigenvalue weighted by molar-refractivity contribution is 6.01. The molecule has 1 heterocycles. The van der Waals surface area contributed by atoms with Crippen molar-refractivity contribution < 1.29 is 17.9 Å². The summed E-state index contributed by atoms with van der Waals surface area (Å²) in [5.74, 6) is -0.507. The molecule has 0 saturated carbocycles. The number of aromatic amines is 1. The Morgan fingerprint density at radius 3 is 1.62 bits per heavy atom.